The summed E-state index contributed by atoms with van der Waals surface area (Å²) in [4.78, 5) is 11.1. The minimum Gasteiger partial charge on any atom is -0.472 e. The van der Waals surface area contributed by atoms with E-state index >= 15 is 0 Å². The highest BCUT2D eigenvalue weighted by atomic mass is 32.1. The number of hydrogen-bond donors (Lipinski definition) is 1. The van der Waals surface area contributed by atoms with Crippen molar-refractivity contribution in [2.75, 3.05) is 26.1 Å². The van der Waals surface area contributed by atoms with E-state index in [0.717, 1.165) is 16.6 Å². The Morgan fingerprint density at radius 3 is 2.84 bits per heavy atom. The lowest BCUT2D eigenvalue weighted by molar-refractivity contribution is 0.0902. The Balaban J connectivity index is 2.41. The summed E-state index contributed by atoms with van der Waals surface area (Å²) in [6.07, 6.45) is 0.945. The zero-order valence-electron chi connectivity index (χ0n) is 11.7. The molecule has 2 aromatic heterocycles. The molecule has 0 saturated carbocycles. The van der Waals surface area contributed by atoms with Gasteiger partial charge in [0.05, 0.1) is 12.0 Å². The molecule has 104 valence electrons. The molecule has 1 unspecified atom stereocenters. The fraction of sp³-hybridized carbons (Fsp3) is 0.538. The number of aromatic nitrogens is 2. The third kappa shape index (κ3) is 3.13. The molecule has 0 amide bonds. The fourth-order valence-corrected chi connectivity index (χ4v) is 2.74. The summed E-state index contributed by atoms with van der Waals surface area (Å²) in [6.45, 7) is 4.62. The predicted molar refractivity (Wildman–Crippen MR) is 78.3 cm³/mol. The average molecular weight is 281 g/mol. The first-order chi connectivity index (χ1) is 9.17. The molecule has 0 aliphatic heterocycles. The summed E-state index contributed by atoms with van der Waals surface area (Å²) >= 11 is 1.68. The zero-order valence-corrected chi connectivity index (χ0v) is 12.5. The van der Waals surface area contributed by atoms with E-state index < -0.39 is 0 Å². The van der Waals surface area contributed by atoms with Gasteiger partial charge in [-0.1, -0.05) is 6.92 Å². The minimum absolute atomic E-state index is 0.0437. The molecule has 2 rings (SSSR count). The SMILES string of the molecule is CCc1cc2c(OC(C)COC)nc(NC)nc2s1. The molecule has 0 aliphatic rings. The number of hydrogen-bond acceptors (Lipinski definition) is 6. The molecule has 1 atom stereocenters. The Bertz CT molecular complexity index is 556. The van der Waals surface area contributed by atoms with Crippen molar-refractivity contribution in [1.29, 1.82) is 0 Å². The first-order valence-electron chi connectivity index (χ1n) is 6.31. The van der Waals surface area contributed by atoms with Gasteiger partial charge in [-0.05, 0) is 19.4 Å². The Morgan fingerprint density at radius 2 is 2.21 bits per heavy atom. The largest absolute Gasteiger partial charge is 0.472 e. The summed E-state index contributed by atoms with van der Waals surface area (Å²) in [5, 5.41) is 3.94. The van der Waals surface area contributed by atoms with Crippen LogP contribution >= 0.6 is 11.3 Å². The lowest BCUT2D eigenvalue weighted by atomic mass is 10.3. The van der Waals surface area contributed by atoms with Crippen LogP contribution in [0, 0.1) is 0 Å². The normalized spacial score (nSPS) is 12.6. The van der Waals surface area contributed by atoms with Crippen LogP contribution in [-0.2, 0) is 11.2 Å². The molecule has 2 heterocycles. The molecular weight excluding hydrogens is 262 g/mol. The van der Waals surface area contributed by atoms with E-state index in [2.05, 4.69) is 28.3 Å². The van der Waals surface area contributed by atoms with Crippen LogP contribution in [0.4, 0.5) is 5.95 Å². The van der Waals surface area contributed by atoms with Crippen molar-refractivity contribution in [3.05, 3.63) is 10.9 Å². The second-order valence-corrected chi connectivity index (χ2v) is 5.39. The van der Waals surface area contributed by atoms with Gasteiger partial charge >= 0.3 is 0 Å². The highest BCUT2D eigenvalue weighted by Gasteiger charge is 2.14. The molecule has 2 aromatic rings. The number of aryl methyl sites for hydroxylation is 1. The van der Waals surface area contributed by atoms with Gasteiger partial charge in [0.25, 0.3) is 0 Å². The number of nitrogens with one attached hydrogen (secondary N) is 1. The summed E-state index contributed by atoms with van der Waals surface area (Å²) < 4.78 is 10.9. The van der Waals surface area contributed by atoms with Crippen molar-refractivity contribution in [1.82, 2.24) is 9.97 Å². The van der Waals surface area contributed by atoms with Gasteiger partial charge in [0.2, 0.25) is 11.8 Å². The van der Waals surface area contributed by atoms with Crippen LogP contribution in [0.5, 0.6) is 5.88 Å². The van der Waals surface area contributed by atoms with Crippen LogP contribution in [0.15, 0.2) is 6.07 Å². The third-order valence-corrected chi connectivity index (χ3v) is 3.87. The van der Waals surface area contributed by atoms with Gasteiger partial charge in [0.1, 0.15) is 10.9 Å². The molecule has 0 bridgehead atoms. The van der Waals surface area contributed by atoms with E-state index in [0.29, 0.717) is 18.4 Å². The molecule has 5 nitrogen and oxygen atoms in total. The van der Waals surface area contributed by atoms with Crippen LogP contribution in [0.25, 0.3) is 10.2 Å². The summed E-state index contributed by atoms with van der Waals surface area (Å²) in [5.41, 5.74) is 0. The number of nitrogens with zero attached hydrogens (tertiary/aromatic N) is 2. The maximum Gasteiger partial charge on any atom is 0.227 e. The van der Waals surface area contributed by atoms with Crippen LogP contribution in [-0.4, -0.2) is 36.8 Å². The molecule has 0 aliphatic carbocycles. The topological polar surface area (TPSA) is 56.3 Å². The number of fused-ring (bicyclic) bond motifs is 1. The first-order valence-corrected chi connectivity index (χ1v) is 7.13. The molecule has 19 heavy (non-hydrogen) atoms. The van der Waals surface area contributed by atoms with E-state index in [1.54, 1.807) is 25.5 Å². The highest BCUT2D eigenvalue weighted by Crippen LogP contribution is 2.32. The van der Waals surface area contributed by atoms with Gasteiger partial charge in [0, 0.05) is 19.0 Å². The standard InChI is InChI=1S/C13H19N3O2S/c1-5-9-6-10-11(18-8(2)7-17-4)15-13(14-3)16-12(10)19-9/h6,8H,5,7H2,1-4H3,(H,14,15,16). The predicted octanol–water partition coefficient (Wildman–Crippen LogP) is 2.71. The van der Waals surface area contributed by atoms with E-state index in [-0.39, 0.29) is 6.10 Å². The maximum absolute atomic E-state index is 5.86. The van der Waals surface area contributed by atoms with Crippen LogP contribution < -0.4 is 10.1 Å². The van der Waals surface area contributed by atoms with Crippen molar-refractivity contribution in [2.45, 2.75) is 26.4 Å². The monoisotopic (exact) mass is 281 g/mol. The second kappa shape index (κ2) is 6.16. The molecule has 0 spiro atoms. The van der Waals surface area contributed by atoms with Crippen molar-refractivity contribution < 1.29 is 9.47 Å². The maximum atomic E-state index is 5.86. The van der Waals surface area contributed by atoms with Crippen molar-refractivity contribution >= 4 is 27.5 Å². The lowest BCUT2D eigenvalue weighted by Crippen LogP contribution is -2.19. The Hall–Kier alpha value is -1.40. The molecule has 0 aromatic carbocycles. The van der Waals surface area contributed by atoms with E-state index in [4.69, 9.17) is 9.47 Å². The van der Waals surface area contributed by atoms with Gasteiger partial charge in [-0.3, -0.25) is 0 Å². The van der Waals surface area contributed by atoms with Gasteiger partial charge < -0.3 is 14.8 Å². The lowest BCUT2D eigenvalue weighted by Gasteiger charge is -2.14. The van der Waals surface area contributed by atoms with Gasteiger partial charge in [-0.25, -0.2) is 4.98 Å². The third-order valence-electron chi connectivity index (χ3n) is 2.70. The molecular formula is C13H19N3O2S. The number of rotatable bonds is 6. The number of ether oxygens (including phenoxy) is 2. The molecule has 6 heteroatoms. The van der Waals surface area contributed by atoms with E-state index in [1.807, 2.05) is 6.92 Å². The van der Waals surface area contributed by atoms with Crippen molar-refractivity contribution in [3.8, 4) is 5.88 Å². The number of thiophene rings is 1. The number of methoxy groups -OCH3 is 1. The summed E-state index contributed by atoms with van der Waals surface area (Å²) in [6, 6.07) is 2.11. The number of anilines is 1. The molecule has 1 N–H and O–H groups in total. The summed E-state index contributed by atoms with van der Waals surface area (Å²) in [7, 11) is 3.46. The molecule has 0 fully saturated rings. The van der Waals surface area contributed by atoms with Crippen molar-refractivity contribution in [3.63, 3.8) is 0 Å². The summed E-state index contributed by atoms with van der Waals surface area (Å²) in [5.74, 6) is 1.20. The molecule has 0 radical (unpaired) electrons. The van der Waals surface area contributed by atoms with E-state index in [1.165, 1.54) is 4.88 Å². The fourth-order valence-electron chi connectivity index (χ4n) is 1.78. The van der Waals surface area contributed by atoms with Gasteiger partial charge in [0.15, 0.2) is 0 Å². The quantitative estimate of drug-likeness (QED) is 0.882. The van der Waals surface area contributed by atoms with Crippen molar-refractivity contribution in [2.24, 2.45) is 0 Å². The van der Waals surface area contributed by atoms with Crippen LogP contribution in [0.2, 0.25) is 0 Å². The van der Waals surface area contributed by atoms with Gasteiger partial charge in [-0.2, -0.15) is 4.98 Å². The van der Waals surface area contributed by atoms with Crippen LogP contribution in [0.1, 0.15) is 18.7 Å². The zero-order chi connectivity index (χ0) is 13.8. The smallest absolute Gasteiger partial charge is 0.227 e. The Labute approximate surface area is 117 Å². The average Bonchev–Trinajstić information content (AvgIpc) is 2.82. The van der Waals surface area contributed by atoms with Gasteiger partial charge in [-0.15, -0.1) is 11.3 Å². The first kappa shape index (κ1) is 14.0. The second-order valence-electron chi connectivity index (χ2n) is 4.27. The van der Waals surface area contributed by atoms with Crippen LogP contribution in [0.3, 0.4) is 0 Å². The minimum atomic E-state index is -0.0437. The molecule has 0 saturated heterocycles. The Kier molecular flexibility index (Phi) is 4.55. The van der Waals surface area contributed by atoms with E-state index in [9.17, 15) is 0 Å². The highest BCUT2D eigenvalue weighted by molar-refractivity contribution is 7.18. The Morgan fingerprint density at radius 1 is 1.42 bits per heavy atom.